The number of H-pyrrole nitrogens is 1. The zero-order chi connectivity index (χ0) is 10.1. The molecule has 0 saturated heterocycles. The van der Waals surface area contributed by atoms with E-state index in [2.05, 4.69) is 15.7 Å². The average molecular weight is 191 g/mol. The number of hydrogen-bond donors (Lipinski definition) is 2. The number of hydrogen-bond acceptors (Lipinski definition) is 3. The highest BCUT2D eigenvalue weighted by molar-refractivity contribution is 5.85. The topological polar surface area (TPSA) is 96.5 Å². The standard InChI is InChI=1S/C9H9N3O2/c10-7(9(13)14)6-4-12-8-5(6)2-1-3-11-8/h1-4,7H,10H2,(H,11,12)(H,13,14)/t7-/m1/s1. The molecule has 0 aromatic carbocycles. The molecular formula is C9H9N3O2. The number of carboxylic acids is 1. The third-order valence-corrected chi connectivity index (χ3v) is 2.14. The molecule has 0 unspecified atom stereocenters. The number of aromatic amines is 1. The molecule has 0 radical (unpaired) electrons. The summed E-state index contributed by atoms with van der Waals surface area (Å²) in [7, 11) is 0. The number of fused-ring (bicyclic) bond motifs is 1. The van der Waals surface area contributed by atoms with E-state index in [4.69, 9.17) is 0 Å². The van der Waals surface area contributed by atoms with Gasteiger partial charge in [0.15, 0.2) is 6.04 Å². The van der Waals surface area contributed by atoms with Crippen molar-refractivity contribution in [2.24, 2.45) is 0 Å². The highest BCUT2D eigenvalue weighted by Gasteiger charge is 2.15. The second kappa shape index (κ2) is 3.12. The van der Waals surface area contributed by atoms with Gasteiger partial charge >= 0.3 is 0 Å². The van der Waals surface area contributed by atoms with Gasteiger partial charge in [0.25, 0.3) is 0 Å². The Morgan fingerprint density at radius 3 is 3.14 bits per heavy atom. The number of pyridine rings is 1. The lowest BCUT2D eigenvalue weighted by molar-refractivity contribution is -0.442. The van der Waals surface area contributed by atoms with Crippen LogP contribution in [0.5, 0.6) is 0 Å². The van der Waals surface area contributed by atoms with E-state index in [0.29, 0.717) is 11.2 Å². The normalized spacial score (nSPS) is 12.9. The number of quaternary nitrogens is 1. The number of carbonyl (C=O) groups excluding carboxylic acids is 1. The quantitative estimate of drug-likeness (QED) is 0.610. The Kier molecular flexibility index (Phi) is 1.94. The lowest BCUT2D eigenvalue weighted by Crippen LogP contribution is -2.60. The first-order valence-electron chi connectivity index (χ1n) is 4.16. The minimum atomic E-state index is -1.19. The largest absolute Gasteiger partial charge is 0.544 e. The van der Waals surface area contributed by atoms with Crippen molar-refractivity contribution in [1.29, 1.82) is 0 Å². The Morgan fingerprint density at radius 1 is 1.64 bits per heavy atom. The Balaban J connectivity index is 2.58. The third kappa shape index (κ3) is 1.23. The van der Waals surface area contributed by atoms with E-state index in [0.717, 1.165) is 5.39 Å². The van der Waals surface area contributed by atoms with Crippen LogP contribution < -0.4 is 10.8 Å². The molecule has 0 saturated carbocycles. The van der Waals surface area contributed by atoms with E-state index in [9.17, 15) is 9.90 Å². The summed E-state index contributed by atoms with van der Waals surface area (Å²) in [6.45, 7) is 0. The summed E-state index contributed by atoms with van der Waals surface area (Å²) in [4.78, 5) is 17.6. The smallest absolute Gasteiger partial charge is 0.152 e. The highest BCUT2D eigenvalue weighted by atomic mass is 16.4. The fourth-order valence-electron chi connectivity index (χ4n) is 1.39. The van der Waals surface area contributed by atoms with Crippen LogP contribution in [-0.4, -0.2) is 15.9 Å². The van der Waals surface area contributed by atoms with Gasteiger partial charge in [0.2, 0.25) is 0 Å². The first kappa shape index (κ1) is 8.71. The Hall–Kier alpha value is -1.88. The fraction of sp³-hybridized carbons (Fsp3) is 0.111. The summed E-state index contributed by atoms with van der Waals surface area (Å²) in [5, 5.41) is 11.4. The van der Waals surface area contributed by atoms with E-state index < -0.39 is 12.0 Å². The second-order valence-electron chi connectivity index (χ2n) is 3.02. The molecule has 0 aliphatic rings. The first-order chi connectivity index (χ1) is 6.70. The third-order valence-electron chi connectivity index (χ3n) is 2.14. The zero-order valence-electron chi connectivity index (χ0n) is 7.36. The monoisotopic (exact) mass is 191 g/mol. The first-order valence-corrected chi connectivity index (χ1v) is 4.16. The molecule has 0 aliphatic carbocycles. The minimum absolute atomic E-state index is 0.605. The van der Waals surface area contributed by atoms with Crippen molar-refractivity contribution in [2.45, 2.75) is 6.04 Å². The van der Waals surface area contributed by atoms with Gasteiger partial charge in [0, 0.05) is 23.3 Å². The molecule has 2 aromatic rings. The van der Waals surface area contributed by atoms with Gasteiger partial charge in [0.1, 0.15) is 11.6 Å². The molecule has 1 atom stereocenters. The molecule has 0 spiro atoms. The van der Waals surface area contributed by atoms with Crippen molar-refractivity contribution in [1.82, 2.24) is 9.97 Å². The predicted molar refractivity (Wildman–Crippen MR) is 46.7 cm³/mol. The van der Waals surface area contributed by atoms with Crippen molar-refractivity contribution in [3.05, 3.63) is 30.1 Å². The van der Waals surface area contributed by atoms with Gasteiger partial charge < -0.3 is 20.6 Å². The summed E-state index contributed by atoms with van der Waals surface area (Å²) < 4.78 is 0. The molecule has 0 bridgehead atoms. The maximum atomic E-state index is 10.6. The Bertz CT molecular complexity index is 478. The van der Waals surface area contributed by atoms with E-state index in [-0.39, 0.29) is 0 Å². The SMILES string of the molecule is [NH3+][C@@H](C(=O)[O-])c1c[nH]c2ncccc12. The molecule has 0 amide bonds. The summed E-state index contributed by atoms with van der Waals surface area (Å²) in [6, 6.07) is 2.68. The van der Waals surface area contributed by atoms with Gasteiger partial charge in [0.05, 0.1) is 0 Å². The number of aromatic nitrogens is 2. The van der Waals surface area contributed by atoms with Crippen LogP contribution in [-0.2, 0) is 4.79 Å². The molecule has 5 nitrogen and oxygen atoms in total. The lowest BCUT2D eigenvalue weighted by atomic mass is 10.1. The van der Waals surface area contributed by atoms with Crippen LogP contribution in [0.2, 0.25) is 0 Å². The molecule has 2 rings (SSSR count). The zero-order valence-corrected chi connectivity index (χ0v) is 7.36. The number of aliphatic carboxylic acids is 1. The molecule has 72 valence electrons. The van der Waals surface area contributed by atoms with E-state index >= 15 is 0 Å². The van der Waals surface area contributed by atoms with Crippen molar-refractivity contribution >= 4 is 17.0 Å². The summed E-state index contributed by atoms with van der Waals surface area (Å²) >= 11 is 0. The van der Waals surface area contributed by atoms with Crippen molar-refractivity contribution in [2.75, 3.05) is 0 Å². The van der Waals surface area contributed by atoms with Crippen LogP contribution in [0.25, 0.3) is 11.0 Å². The van der Waals surface area contributed by atoms with Gasteiger partial charge in [-0.05, 0) is 12.1 Å². The summed E-state index contributed by atoms with van der Waals surface area (Å²) in [5.41, 5.74) is 4.79. The molecule has 2 aromatic heterocycles. The van der Waals surface area contributed by atoms with Gasteiger partial charge in [-0.1, -0.05) is 0 Å². The van der Waals surface area contributed by atoms with E-state index in [1.165, 1.54) is 0 Å². The molecule has 0 aliphatic heterocycles. The van der Waals surface area contributed by atoms with E-state index in [1.807, 2.05) is 0 Å². The lowest BCUT2D eigenvalue weighted by Gasteiger charge is -2.07. The highest BCUT2D eigenvalue weighted by Crippen LogP contribution is 2.19. The summed E-state index contributed by atoms with van der Waals surface area (Å²) in [5.74, 6) is -1.19. The number of nitrogens with one attached hydrogen (secondary N) is 1. The molecule has 14 heavy (non-hydrogen) atoms. The van der Waals surface area contributed by atoms with Crippen LogP contribution in [0.4, 0.5) is 0 Å². The maximum absolute atomic E-state index is 10.6. The summed E-state index contributed by atoms with van der Waals surface area (Å²) in [6.07, 6.45) is 3.24. The number of rotatable bonds is 2. The predicted octanol–water partition coefficient (Wildman–Crippen LogP) is -1.40. The number of carboxylic acid groups (broad SMARTS) is 1. The molecule has 5 heteroatoms. The average Bonchev–Trinajstić information content (AvgIpc) is 2.60. The number of nitrogens with zero attached hydrogens (tertiary/aromatic N) is 1. The van der Waals surface area contributed by atoms with Gasteiger partial charge in [-0.3, -0.25) is 0 Å². The van der Waals surface area contributed by atoms with Gasteiger partial charge in [-0.15, -0.1) is 0 Å². The van der Waals surface area contributed by atoms with Gasteiger partial charge in [-0.25, -0.2) is 4.98 Å². The fourth-order valence-corrected chi connectivity index (χ4v) is 1.39. The van der Waals surface area contributed by atoms with Crippen molar-refractivity contribution < 1.29 is 15.6 Å². The molecule has 0 fully saturated rings. The van der Waals surface area contributed by atoms with Crippen LogP contribution in [0.1, 0.15) is 11.6 Å². The van der Waals surface area contributed by atoms with Crippen LogP contribution >= 0.6 is 0 Å². The molecule has 4 N–H and O–H groups in total. The molecular weight excluding hydrogens is 182 g/mol. The minimum Gasteiger partial charge on any atom is -0.544 e. The van der Waals surface area contributed by atoms with Crippen molar-refractivity contribution in [3.63, 3.8) is 0 Å². The van der Waals surface area contributed by atoms with Crippen LogP contribution in [0, 0.1) is 0 Å². The second-order valence-corrected chi connectivity index (χ2v) is 3.02. The molecule has 2 heterocycles. The Labute approximate surface area is 79.6 Å². The van der Waals surface area contributed by atoms with Crippen LogP contribution in [0.15, 0.2) is 24.5 Å². The van der Waals surface area contributed by atoms with Crippen LogP contribution in [0.3, 0.4) is 0 Å². The van der Waals surface area contributed by atoms with Gasteiger partial charge in [-0.2, -0.15) is 0 Å². The number of carbonyl (C=O) groups is 1. The van der Waals surface area contributed by atoms with E-state index in [1.54, 1.807) is 24.5 Å². The Morgan fingerprint density at radius 2 is 2.43 bits per heavy atom. The van der Waals surface area contributed by atoms with Crippen molar-refractivity contribution in [3.8, 4) is 0 Å². The maximum Gasteiger partial charge on any atom is 0.152 e.